The largest absolute Gasteiger partial charge is 0.412 e. The van der Waals surface area contributed by atoms with Gasteiger partial charge in [-0.15, -0.1) is 0 Å². The minimum absolute atomic E-state index is 0.108. The Morgan fingerprint density at radius 3 is 2.35 bits per heavy atom. The molecule has 2 heterocycles. The summed E-state index contributed by atoms with van der Waals surface area (Å²) in [6, 6.07) is 3.53. The van der Waals surface area contributed by atoms with E-state index in [1.165, 1.54) is 29.2 Å². The van der Waals surface area contributed by atoms with E-state index in [4.69, 9.17) is 5.14 Å². The molecule has 0 aliphatic carbocycles. The topological polar surface area (TPSA) is 88.1 Å². The number of halogens is 3. The normalized spacial score (nSPS) is 21.3. The van der Waals surface area contributed by atoms with Crippen LogP contribution in [0.5, 0.6) is 0 Å². The Hall–Kier alpha value is -2.20. The van der Waals surface area contributed by atoms with Gasteiger partial charge in [0.05, 0.1) is 11.4 Å². The van der Waals surface area contributed by atoms with Gasteiger partial charge in [0.25, 0.3) is 0 Å². The Kier molecular flexibility index (Phi) is 4.65. The molecule has 1 unspecified atom stereocenters. The van der Waals surface area contributed by atoms with Gasteiger partial charge in [-0.1, -0.05) is 0 Å². The number of nitrogens with two attached hydrogens (primary N) is 1. The zero-order valence-corrected chi connectivity index (χ0v) is 14.7. The fourth-order valence-electron chi connectivity index (χ4n) is 2.80. The second-order valence-corrected chi connectivity index (χ2v) is 7.74. The molecule has 10 heteroatoms. The molecule has 2 aliphatic rings. The minimum atomic E-state index is -4.46. The Morgan fingerprint density at radius 1 is 1.19 bits per heavy atom. The predicted molar refractivity (Wildman–Crippen MR) is 92.9 cm³/mol. The molecule has 6 nitrogen and oxygen atoms in total. The summed E-state index contributed by atoms with van der Waals surface area (Å²) in [4.78, 5) is 9.39. The van der Waals surface area contributed by atoms with Gasteiger partial charge in [0, 0.05) is 23.2 Å². The number of sulfonamides is 1. The van der Waals surface area contributed by atoms with Crippen molar-refractivity contribution in [2.24, 2.45) is 15.1 Å². The first-order valence-corrected chi connectivity index (χ1v) is 9.38. The SMILES string of the molecule is CC1=NC=C(C2=NC(C(F)(F)F)CN2c2ccc(S(N)(=O)=O)cc2)CC1. The van der Waals surface area contributed by atoms with E-state index in [2.05, 4.69) is 9.98 Å². The highest BCUT2D eigenvalue weighted by atomic mass is 32.2. The molecule has 1 aromatic rings. The minimum Gasteiger partial charge on any atom is -0.324 e. The fraction of sp³-hybridized carbons (Fsp3) is 0.375. The molecule has 26 heavy (non-hydrogen) atoms. The van der Waals surface area contributed by atoms with Crippen molar-refractivity contribution in [2.45, 2.75) is 36.9 Å². The van der Waals surface area contributed by atoms with E-state index in [1.807, 2.05) is 6.92 Å². The standard InChI is InChI=1S/C16H17F3N4O2S/c1-10-2-3-11(8-21-10)15-22-14(16(17,18)19)9-23(15)12-4-6-13(7-5-12)26(20,24)25/h4-8,14H,2-3,9H2,1H3,(H2,20,24,25). The monoisotopic (exact) mass is 386 g/mol. The van der Waals surface area contributed by atoms with Crippen molar-refractivity contribution in [1.82, 2.24) is 0 Å². The van der Waals surface area contributed by atoms with Crippen molar-refractivity contribution in [1.29, 1.82) is 0 Å². The highest BCUT2D eigenvalue weighted by Gasteiger charge is 2.45. The van der Waals surface area contributed by atoms with Crippen molar-refractivity contribution >= 4 is 27.3 Å². The first-order valence-electron chi connectivity index (χ1n) is 7.83. The summed E-state index contributed by atoms with van der Waals surface area (Å²) in [5, 5.41) is 5.06. The highest BCUT2D eigenvalue weighted by Crippen LogP contribution is 2.33. The predicted octanol–water partition coefficient (Wildman–Crippen LogP) is 2.62. The van der Waals surface area contributed by atoms with E-state index in [1.54, 1.807) is 6.20 Å². The van der Waals surface area contributed by atoms with E-state index in [0.717, 1.165) is 5.71 Å². The number of primary sulfonamides is 1. The highest BCUT2D eigenvalue weighted by molar-refractivity contribution is 7.89. The first kappa shape index (κ1) is 18.6. The van der Waals surface area contributed by atoms with Crippen LogP contribution in [0.3, 0.4) is 0 Å². The second kappa shape index (κ2) is 6.51. The Balaban J connectivity index is 1.98. The lowest BCUT2D eigenvalue weighted by Gasteiger charge is -2.24. The maximum atomic E-state index is 13.2. The number of benzene rings is 1. The van der Waals surface area contributed by atoms with Crippen LogP contribution in [-0.2, 0) is 10.0 Å². The van der Waals surface area contributed by atoms with Crippen LogP contribution in [0.25, 0.3) is 0 Å². The molecule has 0 spiro atoms. The van der Waals surface area contributed by atoms with Crippen molar-refractivity contribution < 1.29 is 21.6 Å². The van der Waals surface area contributed by atoms with E-state index in [-0.39, 0.29) is 17.3 Å². The van der Waals surface area contributed by atoms with Gasteiger partial charge in [0.2, 0.25) is 10.0 Å². The Bertz CT molecular complexity index is 902. The van der Waals surface area contributed by atoms with Crippen LogP contribution in [0.2, 0.25) is 0 Å². The molecule has 0 aromatic heterocycles. The molecule has 0 bridgehead atoms. The molecule has 0 amide bonds. The summed E-state index contributed by atoms with van der Waals surface area (Å²) >= 11 is 0. The Labute approximate surface area is 149 Å². The van der Waals surface area contributed by atoms with E-state index < -0.39 is 22.2 Å². The summed E-state index contributed by atoms with van der Waals surface area (Å²) in [5.41, 5.74) is 1.94. The number of hydrogen-bond donors (Lipinski definition) is 1. The molecule has 0 saturated heterocycles. The number of anilines is 1. The van der Waals surface area contributed by atoms with Crippen LogP contribution in [-0.4, -0.2) is 38.7 Å². The molecule has 0 saturated carbocycles. The lowest BCUT2D eigenvalue weighted by atomic mass is 10.0. The average Bonchev–Trinajstić information content (AvgIpc) is 3.00. The third kappa shape index (κ3) is 3.80. The summed E-state index contributed by atoms with van der Waals surface area (Å²) in [6.07, 6.45) is -1.72. The lowest BCUT2D eigenvalue weighted by Crippen LogP contribution is -2.35. The maximum Gasteiger partial charge on any atom is 0.412 e. The van der Waals surface area contributed by atoms with Gasteiger partial charge in [0.1, 0.15) is 5.84 Å². The second-order valence-electron chi connectivity index (χ2n) is 6.18. The quantitative estimate of drug-likeness (QED) is 0.866. The smallest absolute Gasteiger partial charge is 0.324 e. The molecule has 140 valence electrons. The number of rotatable bonds is 3. The Morgan fingerprint density at radius 2 is 1.85 bits per heavy atom. The summed E-state index contributed by atoms with van der Waals surface area (Å²) < 4.78 is 62.3. The molecule has 2 aliphatic heterocycles. The third-order valence-electron chi connectivity index (χ3n) is 4.23. The molecule has 0 fully saturated rings. The lowest BCUT2D eigenvalue weighted by molar-refractivity contribution is -0.142. The number of hydrogen-bond acceptors (Lipinski definition) is 5. The number of alkyl halides is 3. The average molecular weight is 386 g/mol. The van der Waals surface area contributed by atoms with Crippen LogP contribution in [0.1, 0.15) is 19.8 Å². The third-order valence-corrected chi connectivity index (χ3v) is 5.16. The van der Waals surface area contributed by atoms with Crippen LogP contribution >= 0.6 is 0 Å². The number of aliphatic imine (C=N–C) groups is 2. The molecule has 1 aromatic carbocycles. The zero-order chi connectivity index (χ0) is 19.1. The molecule has 0 radical (unpaired) electrons. The first-order chi connectivity index (χ1) is 12.1. The number of amidine groups is 1. The molecule has 3 rings (SSSR count). The van der Waals surface area contributed by atoms with Gasteiger partial charge in [0.15, 0.2) is 6.04 Å². The maximum absolute atomic E-state index is 13.2. The van der Waals surface area contributed by atoms with Crippen LogP contribution in [0.15, 0.2) is 50.9 Å². The van der Waals surface area contributed by atoms with Gasteiger partial charge in [-0.05, 0) is 44.0 Å². The van der Waals surface area contributed by atoms with Gasteiger partial charge in [-0.2, -0.15) is 13.2 Å². The molecule has 2 N–H and O–H groups in total. The van der Waals surface area contributed by atoms with Crippen LogP contribution in [0, 0.1) is 0 Å². The van der Waals surface area contributed by atoms with E-state index in [0.29, 0.717) is 24.1 Å². The summed E-state index contributed by atoms with van der Waals surface area (Å²) in [7, 11) is -3.88. The van der Waals surface area contributed by atoms with Gasteiger partial charge in [-0.3, -0.25) is 9.98 Å². The summed E-state index contributed by atoms with van der Waals surface area (Å²) in [5.74, 6) is 0.215. The number of nitrogens with zero attached hydrogens (tertiary/aromatic N) is 3. The zero-order valence-electron chi connectivity index (χ0n) is 13.9. The van der Waals surface area contributed by atoms with Crippen molar-refractivity contribution in [3.63, 3.8) is 0 Å². The van der Waals surface area contributed by atoms with Crippen molar-refractivity contribution in [3.8, 4) is 0 Å². The van der Waals surface area contributed by atoms with Gasteiger partial charge < -0.3 is 4.90 Å². The molecular formula is C16H17F3N4O2S. The van der Waals surface area contributed by atoms with Gasteiger partial charge >= 0.3 is 6.18 Å². The molecule has 1 atom stereocenters. The van der Waals surface area contributed by atoms with Crippen LogP contribution < -0.4 is 10.0 Å². The van der Waals surface area contributed by atoms with Gasteiger partial charge in [-0.25, -0.2) is 13.6 Å². The van der Waals surface area contributed by atoms with Crippen molar-refractivity contribution in [3.05, 3.63) is 36.0 Å². The van der Waals surface area contributed by atoms with E-state index >= 15 is 0 Å². The summed E-state index contributed by atoms with van der Waals surface area (Å²) in [6.45, 7) is 1.49. The fourth-order valence-corrected chi connectivity index (χ4v) is 3.31. The van der Waals surface area contributed by atoms with E-state index in [9.17, 15) is 21.6 Å². The van der Waals surface area contributed by atoms with Crippen molar-refractivity contribution in [2.75, 3.05) is 11.4 Å². The van der Waals surface area contributed by atoms with Crippen LogP contribution in [0.4, 0.5) is 18.9 Å². The molecular weight excluding hydrogens is 369 g/mol.